The first-order valence-corrected chi connectivity index (χ1v) is 8.36. The number of fused-ring (bicyclic) bond motifs is 1. The Hall–Kier alpha value is -2.81. The van der Waals surface area contributed by atoms with Crippen LogP contribution in [-0.2, 0) is 12.7 Å². The molecule has 0 bridgehead atoms. The number of hydrogen-bond donors (Lipinski definition) is 2. The van der Waals surface area contributed by atoms with E-state index in [0.29, 0.717) is 23.9 Å². The van der Waals surface area contributed by atoms with Crippen molar-refractivity contribution in [2.45, 2.75) is 12.7 Å². The van der Waals surface area contributed by atoms with E-state index in [-0.39, 0.29) is 30.5 Å². The van der Waals surface area contributed by atoms with Crippen LogP contribution in [-0.4, -0.2) is 34.2 Å². The standard InChI is InChI=1S/C19H17F3N6.HI/c1-23-18(25-13-17-27-26-16-9-2-3-11-28(16)17)24-10-5-7-14-6-4-8-15(12-14)19(20,21)22;/h2-4,6,8-9,11-12H,10,13H2,1H3,(H2,23,24,25);1H. The van der Waals surface area contributed by atoms with Gasteiger partial charge in [-0.2, -0.15) is 13.2 Å². The Kier molecular flexibility index (Phi) is 7.83. The van der Waals surface area contributed by atoms with Gasteiger partial charge in [0, 0.05) is 18.8 Å². The van der Waals surface area contributed by atoms with Crippen LogP contribution in [0.25, 0.3) is 5.65 Å². The lowest BCUT2D eigenvalue weighted by atomic mass is 10.1. The molecule has 3 aromatic rings. The van der Waals surface area contributed by atoms with Gasteiger partial charge in [0.15, 0.2) is 17.4 Å². The predicted molar refractivity (Wildman–Crippen MR) is 115 cm³/mol. The normalized spacial score (nSPS) is 11.4. The Labute approximate surface area is 182 Å². The van der Waals surface area contributed by atoms with Crippen molar-refractivity contribution < 1.29 is 13.2 Å². The fourth-order valence-electron chi connectivity index (χ4n) is 2.44. The number of guanidine groups is 1. The summed E-state index contributed by atoms with van der Waals surface area (Å²) in [5, 5.41) is 14.3. The highest BCUT2D eigenvalue weighted by Crippen LogP contribution is 2.29. The molecule has 29 heavy (non-hydrogen) atoms. The number of benzene rings is 1. The van der Waals surface area contributed by atoms with Crippen molar-refractivity contribution in [1.82, 2.24) is 25.2 Å². The largest absolute Gasteiger partial charge is 0.416 e. The van der Waals surface area contributed by atoms with E-state index in [1.165, 1.54) is 12.1 Å². The minimum atomic E-state index is -4.38. The molecule has 0 atom stereocenters. The molecule has 3 rings (SSSR count). The molecule has 1 aromatic carbocycles. The van der Waals surface area contributed by atoms with Gasteiger partial charge in [-0.15, -0.1) is 34.2 Å². The fraction of sp³-hybridized carbons (Fsp3) is 0.211. The Morgan fingerprint density at radius 1 is 1.14 bits per heavy atom. The molecular weight excluding hydrogens is 496 g/mol. The summed E-state index contributed by atoms with van der Waals surface area (Å²) >= 11 is 0. The van der Waals surface area contributed by atoms with Crippen LogP contribution in [0.1, 0.15) is 17.0 Å². The second-order valence-corrected chi connectivity index (χ2v) is 5.70. The van der Waals surface area contributed by atoms with Crippen molar-refractivity contribution in [3.05, 3.63) is 65.6 Å². The quantitative estimate of drug-likeness (QED) is 0.244. The fourth-order valence-corrected chi connectivity index (χ4v) is 2.44. The number of hydrogen-bond acceptors (Lipinski definition) is 3. The second kappa shape index (κ2) is 10.1. The molecule has 0 saturated heterocycles. The lowest BCUT2D eigenvalue weighted by Crippen LogP contribution is -2.37. The van der Waals surface area contributed by atoms with Crippen LogP contribution < -0.4 is 10.6 Å². The first-order chi connectivity index (χ1) is 13.5. The molecule has 0 fully saturated rings. The molecule has 0 aliphatic heterocycles. The van der Waals surface area contributed by atoms with Gasteiger partial charge in [-0.3, -0.25) is 9.39 Å². The van der Waals surface area contributed by atoms with Crippen molar-refractivity contribution >= 4 is 35.6 Å². The van der Waals surface area contributed by atoms with Crippen LogP contribution in [0.5, 0.6) is 0 Å². The van der Waals surface area contributed by atoms with Gasteiger partial charge in [-0.05, 0) is 30.3 Å². The van der Waals surface area contributed by atoms with E-state index in [9.17, 15) is 13.2 Å². The molecule has 10 heteroatoms. The van der Waals surface area contributed by atoms with Crippen LogP contribution in [0.2, 0.25) is 0 Å². The lowest BCUT2D eigenvalue weighted by molar-refractivity contribution is -0.137. The van der Waals surface area contributed by atoms with E-state index in [0.717, 1.165) is 17.8 Å². The molecule has 2 N–H and O–H groups in total. The number of nitrogens with one attached hydrogen (secondary N) is 2. The van der Waals surface area contributed by atoms with Gasteiger partial charge in [0.1, 0.15) is 0 Å². The number of alkyl halides is 3. The monoisotopic (exact) mass is 514 g/mol. The zero-order valence-corrected chi connectivity index (χ0v) is 17.7. The maximum atomic E-state index is 12.7. The molecule has 0 aliphatic carbocycles. The SMILES string of the molecule is CN=C(NCC#Cc1cccc(C(F)(F)F)c1)NCc1nnc2ccccn12.I. The summed E-state index contributed by atoms with van der Waals surface area (Å²) in [6.45, 7) is 0.614. The third-order valence-electron chi connectivity index (χ3n) is 3.79. The molecule has 6 nitrogen and oxygen atoms in total. The van der Waals surface area contributed by atoms with Gasteiger partial charge in [-0.25, -0.2) is 0 Å². The molecule has 0 aliphatic rings. The zero-order chi connectivity index (χ0) is 20.0. The zero-order valence-electron chi connectivity index (χ0n) is 15.4. The van der Waals surface area contributed by atoms with Gasteiger partial charge in [0.2, 0.25) is 0 Å². The number of halogens is 4. The summed E-state index contributed by atoms with van der Waals surface area (Å²) in [5.74, 6) is 6.70. The van der Waals surface area contributed by atoms with Crippen molar-refractivity contribution in [3.8, 4) is 11.8 Å². The van der Waals surface area contributed by atoms with Crippen molar-refractivity contribution in [2.24, 2.45) is 4.99 Å². The summed E-state index contributed by atoms with van der Waals surface area (Å²) in [6.07, 6.45) is -2.52. The smallest absolute Gasteiger partial charge is 0.349 e. The topological polar surface area (TPSA) is 66.6 Å². The third-order valence-corrected chi connectivity index (χ3v) is 3.79. The maximum absolute atomic E-state index is 12.7. The van der Waals surface area contributed by atoms with Crippen LogP contribution in [0.4, 0.5) is 13.2 Å². The lowest BCUT2D eigenvalue weighted by Gasteiger charge is -2.08. The summed E-state index contributed by atoms with van der Waals surface area (Å²) < 4.78 is 40.0. The molecule has 0 saturated carbocycles. The highest BCUT2D eigenvalue weighted by molar-refractivity contribution is 14.0. The van der Waals surface area contributed by atoms with Crippen LogP contribution in [0, 0.1) is 11.8 Å². The first-order valence-electron chi connectivity index (χ1n) is 8.36. The third kappa shape index (κ3) is 6.08. The van der Waals surface area contributed by atoms with E-state index in [4.69, 9.17) is 0 Å². The molecule has 0 radical (unpaired) electrons. The minimum Gasteiger partial charge on any atom is -0.349 e. The number of aliphatic imine (C=N–C) groups is 1. The van der Waals surface area contributed by atoms with Crippen LogP contribution in [0.3, 0.4) is 0 Å². The van der Waals surface area contributed by atoms with Crippen LogP contribution in [0.15, 0.2) is 53.7 Å². The Balaban J connectivity index is 0.00000300. The highest BCUT2D eigenvalue weighted by atomic mass is 127. The molecule has 0 unspecified atom stereocenters. The average Bonchev–Trinajstić information content (AvgIpc) is 3.10. The van der Waals surface area contributed by atoms with Crippen molar-refractivity contribution in [2.75, 3.05) is 13.6 Å². The molecule has 2 aromatic heterocycles. The van der Waals surface area contributed by atoms with Gasteiger partial charge >= 0.3 is 6.18 Å². The molecule has 152 valence electrons. The minimum absolute atomic E-state index is 0. The summed E-state index contributed by atoms with van der Waals surface area (Å²) in [5.41, 5.74) is 0.328. The molecule has 2 heterocycles. The Morgan fingerprint density at radius 2 is 1.97 bits per heavy atom. The Bertz CT molecular complexity index is 1050. The molecule has 0 spiro atoms. The van der Waals surface area contributed by atoms with Crippen molar-refractivity contribution in [1.29, 1.82) is 0 Å². The average molecular weight is 514 g/mol. The van der Waals surface area contributed by atoms with E-state index < -0.39 is 11.7 Å². The van der Waals surface area contributed by atoms with E-state index in [2.05, 4.69) is 37.7 Å². The van der Waals surface area contributed by atoms with Crippen LogP contribution >= 0.6 is 24.0 Å². The molecular formula is C19H18F3IN6. The highest BCUT2D eigenvalue weighted by Gasteiger charge is 2.30. The maximum Gasteiger partial charge on any atom is 0.416 e. The van der Waals surface area contributed by atoms with Crippen molar-refractivity contribution in [3.63, 3.8) is 0 Å². The summed E-state index contributed by atoms with van der Waals surface area (Å²) in [7, 11) is 1.61. The van der Waals surface area contributed by atoms with E-state index in [1.807, 2.05) is 28.8 Å². The number of rotatable bonds is 3. The summed E-state index contributed by atoms with van der Waals surface area (Å²) in [6, 6.07) is 10.5. The number of aromatic nitrogens is 3. The first kappa shape index (κ1) is 22.5. The predicted octanol–water partition coefficient (Wildman–Crippen LogP) is 3.08. The summed E-state index contributed by atoms with van der Waals surface area (Å²) in [4.78, 5) is 4.08. The van der Waals surface area contributed by atoms with E-state index in [1.54, 1.807) is 7.05 Å². The second-order valence-electron chi connectivity index (χ2n) is 5.70. The molecule has 0 amide bonds. The van der Waals surface area contributed by atoms with Gasteiger partial charge in [-0.1, -0.05) is 24.0 Å². The number of nitrogens with zero attached hydrogens (tertiary/aromatic N) is 4. The van der Waals surface area contributed by atoms with Gasteiger partial charge in [0.25, 0.3) is 0 Å². The van der Waals surface area contributed by atoms with Gasteiger partial charge < -0.3 is 10.6 Å². The Morgan fingerprint density at radius 3 is 2.72 bits per heavy atom. The van der Waals surface area contributed by atoms with Gasteiger partial charge in [0.05, 0.1) is 18.7 Å². The van der Waals surface area contributed by atoms with E-state index >= 15 is 0 Å². The number of pyridine rings is 1.